The van der Waals surface area contributed by atoms with E-state index in [0.717, 1.165) is 18.6 Å². The summed E-state index contributed by atoms with van der Waals surface area (Å²) in [6.45, 7) is 1.73. The van der Waals surface area contributed by atoms with Crippen LogP contribution in [0, 0.1) is 0 Å². The topological polar surface area (TPSA) is 86.9 Å². The van der Waals surface area contributed by atoms with E-state index in [-0.39, 0.29) is 12.1 Å². The second-order valence-electron chi connectivity index (χ2n) is 4.75. The van der Waals surface area contributed by atoms with E-state index in [4.69, 9.17) is 10.8 Å². The van der Waals surface area contributed by atoms with Crippen LogP contribution in [0.1, 0.15) is 12.8 Å². The summed E-state index contributed by atoms with van der Waals surface area (Å²) in [5.41, 5.74) is 5.85. The Kier molecular flexibility index (Phi) is 4.34. The van der Waals surface area contributed by atoms with E-state index in [0.29, 0.717) is 25.4 Å². The molecule has 0 radical (unpaired) electrons. The number of thioether (sulfide) groups is 1. The molecular formula is C11H19N3O3S. The molecule has 2 aliphatic rings. The third-order valence-electron chi connectivity index (χ3n) is 3.39. The molecule has 2 fully saturated rings. The quantitative estimate of drug-likeness (QED) is 0.704. The van der Waals surface area contributed by atoms with Crippen molar-refractivity contribution in [1.82, 2.24) is 9.80 Å². The van der Waals surface area contributed by atoms with Gasteiger partial charge in [0.15, 0.2) is 0 Å². The maximum atomic E-state index is 12.3. The predicted molar refractivity (Wildman–Crippen MR) is 69.6 cm³/mol. The Morgan fingerprint density at radius 3 is 2.78 bits per heavy atom. The number of nitrogens with two attached hydrogens (primary N) is 1. The zero-order valence-corrected chi connectivity index (χ0v) is 11.1. The minimum absolute atomic E-state index is 0.0187. The summed E-state index contributed by atoms with van der Waals surface area (Å²) in [6, 6.07) is -0.850. The summed E-state index contributed by atoms with van der Waals surface area (Å²) in [5, 5.41) is 9.16. The maximum absolute atomic E-state index is 12.3. The normalized spacial score (nSPS) is 29.2. The Labute approximate surface area is 110 Å². The monoisotopic (exact) mass is 273 g/mol. The lowest BCUT2D eigenvalue weighted by molar-refractivity contribution is -0.141. The van der Waals surface area contributed by atoms with Crippen LogP contribution in [-0.4, -0.2) is 70.1 Å². The van der Waals surface area contributed by atoms with Crippen LogP contribution >= 0.6 is 11.8 Å². The van der Waals surface area contributed by atoms with Gasteiger partial charge in [-0.1, -0.05) is 0 Å². The van der Waals surface area contributed by atoms with Gasteiger partial charge in [-0.05, 0) is 12.8 Å². The van der Waals surface area contributed by atoms with E-state index >= 15 is 0 Å². The fourth-order valence-electron chi connectivity index (χ4n) is 2.40. The van der Waals surface area contributed by atoms with Crippen LogP contribution in [0.5, 0.6) is 0 Å². The molecule has 7 heteroatoms. The molecule has 6 nitrogen and oxygen atoms in total. The van der Waals surface area contributed by atoms with Gasteiger partial charge < -0.3 is 20.6 Å². The molecule has 3 N–H and O–H groups in total. The van der Waals surface area contributed by atoms with E-state index in [1.165, 1.54) is 4.90 Å². The molecule has 2 atom stereocenters. The molecule has 2 unspecified atom stereocenters. The number of hydrogen-bond donors (Lipinski definition) is 2. The van der Waals surface area contributed by atoms with Crippen molar-refractivity contribution >= 4 is 23.8 Å². The Bertz CT molecular complexity index is 339. The van der Waals surface area contributed by atoms with E-state index in [2.05, 4.69) is 0 Å². The summed E-state index contributed by atoms with van der Waals surface area (Å²) in [4.78, 5) is 26.7. The van der Waals surface area contributed by atoms with Crippen LogP contribution in [0.4, 0.5) is 4.79 Å². The number of carbonyl (C=O) groups excluding carboxylic acids is 1. The minimum atomic E-state index is -0.920. The lowest BCUT2D eigenvalue weighted by atomic mass is 10.1. The van der Waals surface area contributed by atoms with E-state index in [1.54, 1.807) is 16.7 Å². The van der Waals surface area contributed by atoms with Gasteiger partial charge in [-0.25, -0.2) is 9.59 Å². The Balaban J connectivity index is 2.03. The zero-order valence-electron chi connectivity index (χ0n) is 10.2. The lowest BCUT2D eigenvalue weighted by Crippen LogP contribution is -2.57. The van der Waals surface area contributed by atoms with Gasteiger partial charge in [-0.2, -0.15) is 11.8 Å². The van der Waals surface area contributed by atoms with Gasteiger partial charge in [-0.3, -0.25) is 0 Å². The fraction of sp³-hybridized carbons (Fsp3) is 0.818. The van der Waals surface area contributed by atoms with Crippen LogP contribution in [-0.2, 0) is 4.79 Å². The van der Waals surface area contributed by atoms with Gasteiger partial charge in [0.05, 0.1) is 0 Å². The van der Waals surface area contributed by atoms with E-state index < -0.39 is 12.0 Å². The summed E-state index contributed by atoms with van der Waals surface area (Å²) in [6.07, 6.45) is 1.83. The molecule has 2 saturated heterocycles. The van der Waals surface area contributed by atoms with Crippen molar-refractivity contribution in [2.45, 2.75) is 24.9 Å². The van der Waals surface area contributed by atoms with Gasteiger partial charge >= 0.3 is 12.0 Å². The number of hydrogen-bond acceptors (Lipinski definition) is 4. The molecule has 0 aromatic heterocycles. The minimum Gasteiger partial charge on any atom is -0.480 e. The summed E-state index contributed by atoms with van der Waals surface area (Å²) in [5.74, 6) is 0.355. The van der Waals surface area contributed by atoms with Gasteiger partial charge in [-0.15, -0.1) is 0 Å². The number of piperidine rings is 1. The smallest absolute Gasteiger partial charge is 0.327 e. The largest absolute Gasteiger partial charge is 0.480 e. The second-order valence-corrected chi connectivity index (χ2v) is 5.90. The summed E-state index contributed by atoms with van der Waals surface area (Å²) >= 11 is 1.58. The third-order valence-corrected chi connectivity index (χ3v) is 4.41. The zero-order chi connectivity index (χ0) is 13.1. The first-order valence-electron chi connectivity index (χ1n) is 6.21. The molecule has 0 aliphatic carbocycles. The fourth-order valence-corrected chi connectivity index (χ4v) is 3.44. The number of amides is 2. The molecule has 18 heavy (non-hydrogen) atoms. The van der Waals surface area contributed by atoms with Crippen LogP contribution in [0.15, 0.2) is 0 Å². The number of urea groups is 1. The molecule has 0 saturated carbocycles. The number of aliphatic carboxylic acids is 1. The Morgan fingerprint density at radius 1 is 1.33 bits per heavy atom. The highest BCUT2D eigenvalue weighted by Gasteiger charge is 2.35. The molecule has 2 rings (SSSR count). The Hall–Kier alpha value is -0.950. The molecule has 2 heterocycles. The van der Waals surface area contributed by atoms with Gasteiger partial charge in [0.25, 0.3) is 0 Å². The summed E-state index contributed by atoms with van der Waals surface area (Å²) < 4.78 is 0. The average Bonchev–Trinajstić information content (AvgIpc) is 2.38. The molecule has 2 aliphatic heterocycles. The van der Waals surface area contributed by atoms with Crippen LogP contribution < -0.4 is 5.73 Å². The lowest BCUT2D eigenvalue weighted by Gasteiger charge is -2.39. The van der Waals surface area contributed by atoms with Crippen LogP contribution in [0.2, 0.25) is 0 Å². The molecule has 102 valence electrons. The van der Waals surface area contributed by atoms with Crippen molar-refractivity contribution in [3.63, 3.8) is 0 Å². The standard InChI is InChI=1S/C11H19N3O3S/c12-8-2-1-3-13(6-8)11(17)14-4-5-18-7-9(14)10(15)16/h8-9H,1-7,12H2,(H,15,16). The molecule has 2 amide bonds. The third kappa shape index (κ3) is 2.89. The number of nitrogens with zero attached hydrogens (tertiary/aromatic N) is 2. The average molecular weight is 273 g/mol. The first-order chi connectivity index (χ1) is 8.59. The summed E-state index contributed by atoms with van der Waals surface area (Å²) in [7, 11) is 0. The highest BCUT2D eigenvalue weighted by molar-refractivity contribution is 7.99. The van der Waals surface area contributed by atoms with Gasteiger partial charge in [0.1, 0.15) is 6.04 Å². The molecular weight excluding hydrogens is 254 g/mol. The number of carbonyl (C=O) groups is 2. The predicted octanol–water partition coefficient (Wildman–Crippen LogP) is 0.0315. The maximum Gasteiger partial charge on any atom is 0.327 e. The Morgan fingerprint density at radius 2 is 2.11 bits per heavy atom. The second kappa shape index (κ2) is 5.79. The van der Waals surface area contributed by atoms with Crippen LogP contribution in [0.3, 0.4) is 0 Å². The number of carboxylic acids is 1. The van der Waals surface area contributed by atoms with Crippen molar-refractivity contribution in [2.24, 2.45) is 5.73 Å². The van der Waals surface area contributed by atoms with Crippen molar-refractivity contribution in [2.75, 3.05) is 31.1 Å². The van der Waals surface area contributed by atoms with Gasteiger partial charge in [0.2, 0.25) is 0 Å². The van der Waals surface area contributed by atoms with Crippen molar-refractivity contribution in [3.8, 4) is 0 Å². The van der Waals surface area contributed by atoms with Gasteiger partial charge in [0, 0.05) is 37.2 Å². The number of rotatable bonds is 1. The number of carboxylic acid groups (broad SMARTS) is 1. The van der Waals surface area contributed by atoms with E-state index in [9.17, 15) is 9.59 Å². The highest BCUT2D eigenvalue weighted by Crippen LogP contribution is 2.20. The van der Waals surface area contributed by atoms with Crippen molar-refractivity contribution < 1.29 is 14.7 Å². The first kappa shape index (κ1) is 13.5. The van der Waals surface area contributed by atoms with E-state index in [1.807, 2.05) is 0 Å². The van der Waals surface area contributed by atoms with Crippen LogP contribution in [0.25, 0.3) is 0 Å². The van der Waals surface area contributed by atoms with Crippen molar-refractivity contribution in [3.05, 3.63) is 0 Å². The SMILES string of the molecule is NC1CCCN(C(=O)N2CCSCC2C(=O)O)C1. The van der Waals surface area contributed by atoms with Crippen molar-refractivity contribution in [1.29, 1.82) is 0 Å². The molecule has 0 bridgehead atoms. The molecule has 0 spiro atoms. The first-order valence-corrected chi connectivity index (χ1v) is 7.36. The highest BCUT2D eigenvalue weighted by atomic mass is 32.2. The molecule has 0 aromatic rings. The number of likely N-dealkylation sites (tertiary alicyclic amines) is 1. The molecule has 0 aromatic carbocycles.